The van der Waals surface area contributed by atoms with E-state index >= 15 is 0 Å². The van der Waals surface area contributed by atoms with Crippen molar-refractivity contribution in [2.24, 2.45) is 5.92 Å². The molecule has 2 aliphatic rings. The lowest BCUT2D eigenvalue weighted by Gasteiger charge is -2.38. The molecule has 3 heterocycles. The van der Waals surface area contributed by atoms with E-state index in [2.05, 4.69) is 66.3 Å². The molecule has 0 saturated carbocycles. The van der Waals surface area contributed by atoms with Gasteiger partial charge in [0.2, 0.25) is 0 Å². The summed E-state index contributed by atoms with van der Waals surface area (Å²) in [6, 6.07) is 18.7. The molecule has 2 saturated heterocycles. The molecule has 2 fully saturated rings. The molecule has 6 nitrogen and oxygen atoms in total. The first-order valence-electron chi connectivity index (χ1n) is 17.6. The van der Waals surface area contributed by atoms with Gasteiger partial charge in [0.15, 0.2) is 0 Å². The van der Waals surface area contributed by atoms with Gasteiger partial charge < -0.3 is 19.8 Å². The van der Waals surface area contributed by atoms with Crippen molar-refractivity contribution in [2.75, 3.05) is 32.7 Å². The number of rotatable bonds is 13. The first-order valence-corrected chi connectivity index (χ1v) is 18.5. The summed E-state index contributed by atoms with van der Waals surface area (Å²) >= 11 is 1.60. The van der Waals surface area contributed by atoms with Gasteiger partial charge in [-0.1, -0.05) is 70.0 Å². The zero-order valence-electron chi connectivity index (χ0n) is 28.1. The lowest BCUT2D eigenvalue weighted by Crippen LogP contribution is -2.47. The van der Waals surface area contributed by atoms with E-state index in [1.54, 1.807) is 16.2 Å². The third kappa shape index (κ3) is 9.30. The van der Waals surface area contributed by atoms with Crippen LogP contribution in [0.1, 0.15) is 103 Å². The Labute approximate surface area is 280 Å². The number of aliphatic hydroxyl groups excluding tert-OH is 1. The van der Waals surface area contributed by atoms with E-state index in [1.807, 2.05) is 24.3 Å². The smallest absolute Gasteiger partial charge is 0.264 e. The molecule has 2 aromatic carbocycles. The highest BCUT2D eigenvalue weighted by Crippen LogP contribution is 2.27. The largest absolute Gasteiger partial charge is 0.391 e. The molecule has 7 heteroatoms. The van der Waals surface area contributed by atoms with Gasteiger partial charge in [-0.3, -0.25) is 9.59 Å². The van der Waals surface area contributed by atoms with Crippen molar-refractivity contribution in [3.05, 3.63) is 81.5 Å². The minimum absolute atomic E-state index is 0.0185. The van der Waals surface area contributed by atoms with Crippen molar-refractivity contribution in [1.82, 2.24) is 14.7 Å². The molecule has 0 bridgehead atoms. The molecule has 2 amide bonds. The number of benzene rings is 2. The molecule has 3 aromatic rings. The van der Waals surface area contributed by atoms with Crippen LogP contribution in [0.4, 0.5) is 0 Å². The highest BCUT2D eigenvalue weighted by molar-refractivity contribution is 7.12. The maximum Gasteiger partial charge on any atom is 0.264 e. The lowest BCUT2D eigenvalue weighted by molar-refractivity contribution is 0.0473. The first-order chi connectivity index (χ1) is 22.3. The molecule has 248 valence electrons. The second kappa shape index (κ2) is 16.7. The molecule has 0 spiro atoms. The predicted molar refractivity (Wildman–Crippen MR) is 189 cm³/mol. The Balaban J connectivity index is 1.26. The van der Waals surface area contributed by atoms with Crippen LogP contribution in [-0.4, -0.2) is 76.5 Å². The molecule has 1 N–H and O–H groups in total. The minimum Gasteiger partial charge on any atom is -0.391 e. The van der Waals surface area contributed by atoms with Gasteiger partial charge in [0, 0.05) is 44.3 Å². The van der Waals surface area contributed by atoms with E-state index in [9.17, 15) is 14.7 Å². The number of piperidine rings is 2. The van der Waals surface area contributed by atoms with Crippen LogP contribution in [0.2, 0.25) is 0 Å². The van der Waals surface area contributed by atoms with Crippen molar-refractivity contribution in [3.63, 3.8) is 0 Å². The number of thiophene rings is 1. The van der Waals surface area contributed by atoms with Gasteiger partial charge in [0.05, 0.1) is 11.0 Å². The Kier molecular flexibility index (Phi) is 12.5. The van der Waals surface area contributed by atoms with Crippen LogP contribution < -0.4 is 0 Å². The number of unbranched alkanes of at least 4 members (excludes halogenated alkanes) is 2. The van der Waals surface area contributed by atoms with E-state index in [-0.39, 0.29) is 17.9 Å². The number of hydrogen-bond donors (Lipinski definition) is 1. The SMILES string of the molecule is CCCCCc1csc(C(=O)N(Cc2ccc(-c3ccc(C(=O)N4CCC[C@@H](O)C4)cc3)cc2)C2CCN(CCC(C)C)CC2)c1. The van der Waals surface area contributed by atoms with Gasteiger partial charge in [-0.2, -0.15) is 0 Å². The van der Waals surface area contributed by atoms with Crippen LogP contribution >= 0.6 is 11.3 Å². The standard InChI is InChI=1S/C39H53N3O3S/c1-4-5-6-8-31-25-37(46-28-31)39(45)42(35-19-23-40(24-20-35)22-18-29(2)3)26-30-10-12-32(13-11-30)33-14-16-34(17-15-33)38(44)41-21-7-9-36(43)27-41/h10-17,25,28-29,35-36,43H,4-9,18-24,26-27H2,1-3H3/t36-/m1/s1. The maximum absolute atomic E-state index is 14.1. The van der Waals surface area contributed by atoms with Crippen molar-refractivity contribution in [1.29, 1.82) is 0 Å². The summed E-state index contributed by atoms with van der Waals surface area (Å²) in [6.45, 7) is 11.7. The first kappa shape index (κ1) is 34.3. The zero-order chi connectivity index (χ0) is 32.5. The van der Waals surface area contributed by atoms with E-state index in [1.165, 1.54) is 31.2 Å². The average Bonchev–Trinajstić information content (AvgIpc) is 3.55. The van der Waals surface area contributed by atoms with Gasteiger partial charge in [-0.25, -0.2) is 0 Å². The van der Waals surface area contributed by atoms with Gasteiger partial charge in [-0.05, 0) is 103 Å². The molecule has 1 aromatic heterocycles. The molecule has 0 unspecified atom stereocenters. The quantitative estimate of drug-likeness (QED) is 0.192. The Bertz CT molecular complexity index is 1390. The number of carbonyl (C=O) groups is 2. The van der Waals surface area contributed by atoms with E-state index < -0.39 is 6.10 Å². The fourth-order valence-corrected chi connectivity index (χ4v) is 7.63. The summed E-state index contributed by atoms with van der Waals surface area (Å²) in [5.41, 5.74) is 5.21. The Hall–Kier alpha value is -3.00. The second-order valence-electron chi connectivity index (χ2n) is 13.8. The highest BCUT2D eigenvalue weighted by atomic mass is 32.1. The Morgan fingerprint density at radius 1 is 0.935 bits per heavy atom. The van der Waals surface area contributed by atoms with Crippen LogP contribution in [0, 0.1) is 5.92 Å². The van der Waals surface area contributed by atoms with Gasteiger partial charge in [0.25, 0.3) is 11.8 Å². The molecule has 46 heavy (non-hydrogen) atoms. The monoisotopic (exact) mass is 643 g/mol. The number of amides is 2. The minimum atomic E-state index is -0.428. The summed E-state index contributed by atoms with van der Waals surface area (Å²) in [5.74, 6) is 0.854. The van der Waals surface area contributed by atoms with Crippen LogP contribution in [0.3, 0.4) is 0 Å². The molecular formula is C39H53N3O3S. The molecule has 5 rings (SSSR count). The van der Waals surface area contributed by atoms with Crippen molar-refractivity contribution in [3.8, 4) is 11.1 Å². The molecule has 2 aliphatic heterocycles. The summed E-state index contributed by atoms with van der Waals surface area (Å²) in [6.07, 6.45) is 9.06. The van der Waals surface area contributed by atoms with Gasteiger partial charge in [0.1, 0.15) is 0 Å². The molecule has 0 radical (unpaired) electrons. The number of likely N-dealkylation sites (tertiary alicyclic amines) is 2. The predicted octanol–water partition coefficient (Wildman–Crippen LogP) is 7.90. The Morgan fingerprint density at radius 3 is 2.28 bits per heavy atom. The third-order valence-corrected chi connectivity index (χ3v) is 10.6. The number of nitrogens with zero attached hydrogens (tertiary/aromatic N) is 3. The Morgan fingerprint density at radius 2 is 1.63 bits per heavy atom. The molecular weight excluding hydrogens is 591 g/mol. The molecule has 1 atom stereocenters. The van der Waals surface area contributed by atoms with Crippen molar-refractivity contribution in [2.45, 2.75) is 97.2 Å². The summed E-state index contributed by atoms with van der Waals surface area (Å²) in [7, 11) is 0. The maximum atomic E-state index is 14.1. The van der Waals surface area contributed by atoms with Gasteiger partial charge >= 0.3 is 0 Å². The average molecular weight is 644 g/mol. The van der Waals surface area contributed by atoms with Crippen molar-refractivity contribution < 1.29 is 14.7 Å². The number of carbonyl (C=O) groups excluding carboxylic acids is 2. The lowest BCUT2D eigenvalue weighted by atomic mass is 9.99. The zero-order valence-corrected chi connectivity index (χ0v) is 28.9. The van der Waals surface area contributed by atoms with Crippen LogP contribution in [0.25, 0.3) is 11.1 Å². The van der Waals surface area contributed by atoms with Crippen LogP contribution in [0.15, 0.2) is 60.0 Å². The van der Waals surface area contributed by atoms with Crippen molar-refractivity contribution >= 4 is 23.2 Å². The van der Waals surface area contributed by atoms with Crippen LogP contribution in [-0.2, 0) is 13.0 Å². The van der Waals surface area contributed by atoms with E-state index in [4.69, 9.17) is 0 Å². The number of β-amino-alcohol motifs (C(OH)–C–C–N with tert-alkyl or cyclic N) is 1. The number of aliphatic hydroxyl groups is 1. The fraction of sp³-hybridized carbons (Fsp3) is 0.538. The van der Waals surface area contributed by atoms with E-state index in [0.717, 1.165) is 73.3 Å². The third-order valence-electron chi connectivity index (χ3n) is 9.67. The second-order valence-corrected chi connectivity index (χ2v) is 14.7. The number of hydrogen-bond acceptors (Lipinski definition) is 5. The topological polar surface area (TPSA) is 64.1 Å². The summed E-state index contributed by atoms with van der Waals surface area (Å²) in [4.78, 5) is 34.4. The molecule has 0 aliphatic carbocycles. The normalized spacial score (nSPS) is 17.8. The summed E-state index contributed by atoms with van der Waals surface area (Å²) < 4.78 is 0. The summed E-state index contributed by atoms with van der Waals surface area (Å²) in [5, 5.41) is 12.2. The highest BCUT2D eigenvalue weighted by Gasteiger charge is 2.30. The van der Waals surface area contributed by atoms with Gasteiger partial charge in [-0.15, -0.1) is 11.3 Å². The fourth-order valence-electron chi connectivity index (χ4n) is 6.73. The van der Waals surface area contributed by atoms with Crippen LogP contribution in [0.5, 0.6) is 0 Å². The van der Waals surface area contributed by atoms with E-state index in [0.29, 0.717) is 31.1 Å². The number of aryl methyl sites for hydroxylation is 1.